The van der Waals surface area contributed by atoms with Gasteiger partial charge in [-0.2, -0.15) is 0 Å². The average molecular weight is 263 g/mol. The smallest absolute Gasteiger partial charge is 0.225 e. The van der Waals surface area contributed by atoms with E-state index in [0.717, 1.165) is 23.1 Å². The fourth-order valence-corrected chi connectivity index (χ4v) is 2.91. The van der Waals surface area contributed by atoms with Crippen molar-refractivity contribution >= 4 is 5.95 Å². The first-order valence-electron chi connectivity index (χ1n) is 7.31. The lowest BCUT2D eigenvalue weighted by atomic mass is 9.84. The second-order valence-corrected chi connectivity index (χ2v) is 5.63. The SMILES string of the molecule is CCC1CCC(N(C)c2ncc(CO)c(C)n2)CC1. The minimum Gasteiger partial charge on any atom is -0.392 e. The highest BCUT2D eigenvalue weighted by molar-refractivity contribution is 5.33. The van der Waals surface area contributed by atoms with E-state index >= 15 is 0 Å². The van der Waals surface area contributed by atoms with Gasteiger partial charge >= 0.3 is 0 Å². The van der Waals surface area contributed by atoms with E-state index in [0.29, 0.717) is 6.04 Å². The molecule has 0 aromatic carbocycles. The van der Waals surface area contributed by atoms with Crippen molar-refractivity contribution in [1.82, 2.24) is 9.97 Å². The molecule has 1 saturated carbocycles. The van der Waals surface area contributed by atoms with Crippen molar-refractivity contribution in [3.05, 3.63) is 17.5 Å². The summed E-state index contributed by atoms with van der Waals surface area (Å²) >= 11 is 0. The Hall–Kier alpha value is -1.16. The van der Waals surface area contributed by atoms with Crippen molar-refractivity contribution in [2.75, 3.05) is 11.9 Å². The number of aromatic nitrogens is 2. The third-order valence-electron chi connectivity index (χ3n) is 4.50. The molecule has 0 amide bonds. The van der Waals surface area contributed by atoms with Crippen LogP contribution >= 0.6 is 0 Å². The minimum absolute atomic E-state index is 0.0113. The van der Waals surface area contributed by atoms with Crippen molar-refractivity contribution < 1.29 is 5.11 Å². The van der Waals surface area contributed by atoms with Crippen LogP contribution in [0.4, 0.5) is 5.95 Å². The zero-order chi connectivity index (χ0) is 13.8. The fraction of sp³-hybridized carbons (Fsp3) is 0.733. The molecule has 1 aliphatic rings. The highest BCUT2D eigenvalue weighted by Crippen LogP contribution is 2.30. The van der Waals surface area contributed by atoms with Crippen molar-refractivity contribution in [3.8, 4) is 0 Å². The van der Waals surface area contributed by atoms with E-state index in [-0.39, 0.29) is 6.61 Å². The summed E-state index contributed by atoms with van der Waals surface area (Å²) in [6, 6.07) is 0.558. The Labute approximate surface area is 115 Å². The van der Waals surface area contributed by atoms with Crippen molar-refractivity contribution in [1.29, 1.82) is 0 Å². The quantitative estimate of drug-likeness (QED) is 0.907. The van der Waals surface area contributed by atoms with Crippen LogP contribution in [0.5, 0.6) is 0 Å². The molecule has 2 rings (SSSR count). The van der Waals surface area contributed by atoms with Crippen LogP contribution in [0.3, 0.4) is 0 Å². The lowest BCUT2D eigenvalue weighted by Crippen LogP contribution is -2.36. The molecule has 4 heteroatoms. The van der Waals surface area contributed by atoms with E-state index in [1.807, 2.05) is 6.92 Å². The van der Waals surface area contributed by atoms with Gasteiger partial charge in [0.1, 0.15) is 0 Å². The largest absolute Gasteiger partial charge is 0.392 e. The van der Waals surface area contributed by atoms with Crippen LogP contribution in [0.25, 0.3) is 0 Å². The summed E-state index contributed by atoms with van der Waals surface area (Å²) in [6.07, 6.45) is 8.15. The van der Waals surface area contributed by atoms with E-state index in [1.165, 1.54) is 32.1 Å². The topological polar surface area (TPSA) is 49.2 Å². The third-order valence-corrected chi connectivity index (χ3v) is 4.50. The van der Waals surface area contributed by atoms with Gasteiger partial charge in [0.15, 0.2) is 0 Å². The highest BCUT2D eigenvalue weighted by atomic mass is 16.3. The van der Waals surface area contributed by atoms with Crippen LogP contribution in [0.2, 0.25) is 0 Å². The summed E-state index contributed by atoms with van der Waals surface area (Å²) in [4.78, 5) is 11.1. The van der Waals surface area contributed by atoms with Crippen molar-refractivity contribution in [2.45, 2.75) is 58.6 Å². The molecule has 0 atom stereocenters. The normalized spacial score (nSPS) is 23.4. The van der Waals surface area contributed by atoms with E-state index in [4.69, 9.17) is 5.11 Å². The molecule has 106 valence electrons. The molecule has 4 nitrogen and oxygen atoms in total. The molecule has 0 unspecified atom stereocenters. The van der Waals surface area contributed by atoms with Gasteiger partial charge in [-0.05, 0) is 38.5 Å². The maximum absolute atomic E-state index is 9.16. The van der Waals surface area contributed by atoms with Crippen LogP contribution in [0.15, 0.2) is 6.20 Å². The monoisotopic (exact) mass is 263 g/mol. The molecule has 0 spiro atoms. The second kappa shape index (κ2) is 6.33. The Morgan fingerprint density at radius 3 is 2.53 bits per heavy atom. The molecule has 19 heavy (non-hydrogen) atoms. The second-order valence-electron chi connectivity index (χ2n) is 5.63. The van der Waals surface area contributed by atoms with Gasteiger partial charge in [-0.3, -0.25) is 0 Å². The molecule has 0 aliphatic heterocycles. The van der Waals surface area contributed by atoms with Crippen LogP contribution < -0.4 is 4.90 Å². The number of nitrogens with zero attached hydrogens (tertiary/aromatic N) is 3. The maximum atomic E-state index is 9.16. The van der Waals surface area contributed by atoms with Gasteiger partial charge in [0.25, 0.3) is 0 Å². The minimum atomic E-state index is 0.0113. The average Bonchev–Trinajstić information content (AvgIpc) is 2.46. The van der Waals surface area contributed by atoms with Crippen LogP contribution in [-0.2, 0) is 6.61 Å². The number of rotatable bonds is 4. The summed E-state index contributed by atoms with van der Waals surface area (Å²) in [5, 5.41) is 9.16. The maximum Gasteiger partial charge on any atom is 0.225 e. The van der Waals surface area contributed by atoms with Gasteiger partial charge in [-0.25, -0.2) is 9.97 Å². The molecule has 1 aliphatic carbocycles. The van der Waals surface area contributed by atoms with Crippen molar-refractivity contribution in [3.63, 3.8) is 0 Å². The molecule has 1 aromatic heterocycles. The van der Waals surface area contributed by atoms with Crippen LogP contribution in [0, 0.1) is 12.8 Å². The number of aryl methyl sites for hydroxylation is 1. The van der Waals surface area contributed by atoms with Gasteiger partial charge < -0.3 is 10.0 Å². The van der Waals surface area contributed by atoms with E-state index in [9.17, 15) is 0 Å². The third kappa shape index (κ3) is 3.24. The van der Waals surface area contributed by atoms with Crippen molar-refractivity contribution in [2.24, 2.45) is 5.92 Å². The van der Waals surface area contributed by atoms with E-state index in [2.05, 4.69) is 28.8 Å². The number of hydrogen-bond acceptors (Lipinski definition) is 4. The number of hydrogen-bond donors (Lipinski definition) is 1. The number of aliphatic hydroxyl groups is 1. The summed E-state index contributed by atoms with van der Waals surface area (Å²) in [5.41, 5.74) is 1.69. The summed E-state index contributed by atoms with van der Waals surface area (Å²) < 4.78 is 0. The molecule has 1 heterocycles. The Bertz CT molecular complexity index is 414. The molecule has 0 saturated heterocycles. The van der Waals surface area contributed by atoms with Gasteiger partial charge in [0.05, 0.1) is 6.61 Å². The fourth-order valence-electron chi connectivity index (χ4n) is 2.91. The Morgan fingerprint density at radius 1 is 1.32 bits per heavy atom. The first-order chi connectivity index (χ1) is 9.15. The highest BCUT2D eigenvalue weighted by Gasteiger charge is 2.24. The lowest BCUT2D eigenvalue weighted by Gasteiger charge is -2.34. The molecule has 1 N–H and O–H groups in total. The van der Waals surface area contributed by atoms with Gasteiger partial charge in [-0.1, -0.05) is 13.3 Å². The van der Waals surface area contributed by atoms with Gasteiger partial charge in [-0.15, -0.1) is 0 Å². The molecular weight excluding hydrogens is 238 g/mol. The molecule has 0 bridgehead atoms. The predicted octanol–water partition coefficient (Wildman–Crippen LogP) is 2.68. The lowest BCUT2D eigenvalue weighted by molar-refractivity contribution is 0.279. The molecule has 0 radical (unpaired) electrons. The summed E-state index contributed by atoms with van der Waals surface area (Å²) in [7, 11) is 2.09. The first-order valence-corrected chi connectivity index (χ1v) is 7.31. The van der Waals surface area contributed by atoms with Gasteiger partial charge in [0.2, 0.25) is 5.95 Å². The standard InChI is InChI=1S/C15H25N3O/c1-4-12-5-7-14(8-6-12)18(3)15-16-9-13(10-19)11(2)17-15/h9,12,14,19H,4-8,10H2,1-3H3. The Balaban J connectivity index is 2.03. The number of aliphatic hydroxyl groups excluding tert-OH is 1. The predicted molar refractivity (Wildman–Crippen MR) is 77.1 cm³/mol. The van der Waals surface area contributed by atoms with E-state index in [1.54, 1.807) is 6.20 Å². The van der Waals surface area contributed by atoms with Crippen LogP contribution in [-0.4, -0.2) is 28.2 Å². The summed E-state index contributed by atoms with van der Waals surface area (Å²) in [6.45, 7) is 4.23. The van der Waals surface area contributed by atoms with Crippen LogP contribution in [0.1, 0.15) is 50.3 Å². The number of anilines is 1. The molecule has 1 aromatic rings. The van der Waals surface area contributed by atoms with Gasteiger partial charge in [0, 0.05) is 30.5 Å². The Kier molecular flexibility index (Phi) is 4.75. The summed E-state index contributed by atoms with van der Waals surface area (Å²) in [5.74, 6) is 1.69. The zero-order valence-corrected chi connectivity index (χ0v) is 12.3. The first kappa shape index (κ1) is 14.3. The molecular formula is C15H25N3O. The Morgan fingerprint density at radius 2 is 2.00 bits per heavy atom. The zero-order valence-electron chi connectivity index (χ0n) is 12.3. The molecule has 1 fully saturated rings. The van der Waals surface area contributed by atoms with E-state index < -0.39 is 0 Å².